The van der Waals surface area contributed by atoms with E-state index in [1.807, 2.05) is 6.92 Å². The molecule has 3 rings (SSSR count). The fourth-order valence-electron chi connectivity index (χ4n) is 3.67. The van der Waals surface area contributed by atoms with Gasteiger partial charge in [0.25, 0.3) is 0 Å². The van der Waals surface area contributed by atoms with Crippen molar-refractivity contribution in [1.29, 1.82) is 0 Å². The van der Waals surface area contributed by atoms with E-state index in [1.165, 1.54) is 6.42 Å². The van der Waals surface area contributed by atoms with Gasteiger partial charge in [-0.2, -0.15) is 0 Å². The van der Waals surface area contributed by atoms with E-state index in [4.69, 9.17) is 9.47 Å². The summed E-state index contributed by atoms with van der Waals surface area (Å²) in [7, 11) is 0. The summed E-state index contributed by atoms with van der Waals surface area (Å²) in [6.45, 7) is 5.07. The first kappa shape index (κ1) is 12.4. The van der Waals surface area contributed by atoms with Gasteiger partial charge in [-0.15, -0.1) is 0 Å². The molecular formula is C15H22O3. The highest BCUT2D eigenvalue weighted by Gasteiger charge is 2.53. The molecule has 1 unspecified atom stereocenters. The first-order valence-corrected chi connectivity index (χ1v) is 7.17. The van der Waals surface area contributed by atoms with Crippen LogP contribution in [0.4, 0.5) is 0 Å². The van der Waals surface area contributed by atoms with E-state index in [-0.39, 0.29) is 24.1 Å². The van der Waals surface area contributed by atoms with E-state index in [2.05, 4.69) is 13.0 Å². The van der Waals surface area contributed by atoms with Gasteiger partial charge >= 0.3 is 0 Å². The molecule has 2 aliphatic carbocycles. The minimum absolute atomic E-state index is 0.0413. The number of ether oxygens (including phenoxy) is 2. The zero-order valence-electron chi connectivity index (χ0n) is 11.2. The molecule has 1 aliphatic heterocycles. The molecule has 100 valence electrons. The van der Waals surface area contributed by atoms with E-state index in [1.54, 1.807) is 6.08 Å². The summed E-state index contributed by atoms with van der Waals surface area (Å²) in [5.74, 6) is 1.74. The second-order valence-corrected chi connectivity index (χ2v) is 5.96. The van der Waals surface area contributed by atoms with E-state index in [0.717, 1.165) is 19.4 Å². The Morgan fingerprint density at radius 3 is 2.89 bits per heavy atom. The van der Waals surface area contributed by atoms with Crippen LogP contribution in [0.5, 0.6) is 0 Å². The topological polar surface area (TPSA) is 35.5 Å². The third-order valence-electron chi connectivity index (χ3n) is 4.90. The van der Waals surface area contributed by atoms with Crippen molar-refractivity contribution in [3.63, 3.8) is 0 Å². The van der Waals surface area contributed by atoms with E-state index >= 15 is 0 Å². The molecule has 1 heterocycles. The highest BCUT2D eigenvalue weighted by Crippen LogP contribution is 2.50. The van der Waals surface area contributed by atoms with Gasteiger partial charge in [-0.05, 0) is 37.2 Å². The predicted octanol–water partition coefficient (Wildman–Crippen LogP) is 2.56. The fourth-order valence-corrected chi connectivity index (χ4v) is 3.67. The van der Waals surface area contributed by atoms with Gasteiger partial charge in [-0.1, -0.05) is 19.9 Å². The SMILES string of the molecule is C[C@@H]1[C@H]2C=CC(=O)[C@H](C)[C@H]2[C@H]1OC1CCCCO1. The Hall–Kier alpha value is -0.670. The van der Waals surface area contributed by atoms with Crippen molar-refractivity contribution in [2.24, 2.45) is 23.7 Å². The van der Waals surface area contributed by atoms with Gasteiger partial charge in [0.2, 0.25) is 0 Å². The normalized spacial score (nSPS) is 47.6. The highest BCUT2D eigenvalue weighted by molar-refractivity contribution is 5.93. The van der Waals surface area contributed by atoms with Crippen LogP contribution in [0.2, 0.25) is 0 Å². The number of fused-ring (bicyclic) bond motifs is 1. The van der Waals surface area contributed by atoms with E-state index in [0.29, 0.717) is 17.8 Å². The van der Waals surface area contributed by atoms with Crippen LogP contribution in [0.3, 0.4) is 0 Å². The lowest BCUT2D eigenvalue weighted by molar-refractivity contribution is -0.249. The van der Waals surface area contributed by atoms with Crippen LogP contribution in [0.1, 0.15) is 33.1 Å². The first-order valence-electron chi connectivity index (χ1n) is 7.17. The van der Waals surface area contributed by atoms with E-state index in [9.17, 15) is 4.79 Å². The summed E-state index contributed by atoms with van der Waals surface area (Å²) < 4.78 is 11.8. The lowest BCUT2D eigenvalue weighted by atomic mass is 9.56. The van der Waals surface area contributed by atoms with Crippen LogP contribution in [-0.4, -0.2) is 24.8 Å². The third-order valence-corrected chi connectivity index (χ3v) is 4.90. The molecule has 0 amide bonds. The first-order chi connectivity index (χ1) is 8.68. The van der Waals surface area contributed by atoms with Crippen molar-refractivity contribution < 1.29 is 14.3 Å². The molecule has 3 aliphatic rings. The molecule has 3 nitrogen and oxygen atoms in total. The summed E-state index contributed by atoms with van der Waals surface area (Å²) in [6.07, 6.45) is 7.33. The van der Waals surface area contributed by atoms with Gasteiger partial charge in [0.1, 0.15) is 0 Å². The van der Waals surface area contributed by atoms with Gasteiger partial charge in [0, 0.05) is 18.4 Å². The largest absolute Gasteiger partial charge is 0.353 e. The molecule has 1 saturated heterocycles. The predicted molar refractivity (Wildman–Crippen MR) is 67.9 cm³/mol. The van der Waals surface area contributed by atoms with Crippen LogP contribution < -0.4 is 0 Å². The summed E-state index contributed by atoms with van der Waals surface area (Å²) in [4.78, 5) is 11.8. The Bertz CT molecular complexity index is 357. The van der Waals surface area contributed by atoms with Crippen molar-refractivity contribution in [1.82, 2.24) is 0 Å². The van der Waals surface area contributed by atoms with Gasteiger partial charge < -0.3 is 9.47 Å². The summed E-state index contributed by atoms with van der Waals surface area (Å²) in [6, 6.07) is 0. The van der Waals surface area contributed by atoms with Gasteiger partial charge in [-0.25, -0.2) is 0 Å². The van der Waals surface area contributed by atoms with Crippen molar-refractivity contribution in [2.45, 2.75) is 45.5 Å². The monoisotopic (exact) mass is 250 g/mol. The number of hydrogen-bond donors (Lipinski definition) is 0. The van der Waals surface area contributed by atoms with Crippen LogP contribution >= 0.6 is 0 Å². The minimum atomic E-state index is -0.0413. The van der Waals surface area contributed by atoms with Crippen LogP contribution in [-0.2, 0) is 14.3 Å². The summed E-state index contributed by atoms with van der Waals surface area (Å²) in [5, 5.41) is 0. The number of carbonyl (C=O) groups is 1. The van der Waals surface area contributed by atoms with Crippen molar-refractivity contribution in [2.75, 3.05) is 6.61 Å². The molecule has 18 heavy (non-hydrogen) atoms. The smallest absolute Gasteiger partial charge is 0.158 e. The third kappa shape index (κ3) is 1.94. The van der Waals surface area contributed by atoms with Crippen LogP contribution in [0, 0.1) is 23.7 Å². The molecular weight excluding hydrogens is 228 g/mol. The molecule has 2 fully saturated rings. The average molecular weight is 250 g/mol. The maximum atomic E-state index is 11.8. The maximum absolute atomic E-state index is 11.8. The lowest BCUT2D eigenvalue weighted by Gasteiger charge is -2.53. The van der Waals surface area contributed by atoms with Crippen molar-refractivity contribution in [3.8, 4) is 0 Å². The number of rotatable bonds is 2. The summed E-state index contributed by atoms with van der Waals surface area (Å²) in [5.41, 5.74) is 0. The molecule has 0 bridgehead atoms. The Morgan fingerprint density at radius 1 is 1.33 bits per heavy atom. The Balaban J connectivity index is 1.66. The second kappa shape index (κ2) is 4.78. The number of carbonyl (C=O) groups excluding carboxylic acids is 1. The molecule has 6 atom stereocenters. The number of allylic oxidation sites excluding steroid dienone is 2. The lowest BCUT2D eigenvalue weighted by Crippen LogP contribution is -2.57. The van der Waals surface area contributed by atoms with Crippen molar-refractivity contribution >= 4 is 5.78 Å². The van der Waals surface area contributed by atoms with E-state index < -0.39 is 0 Å². The summed E-state index contributed by atoms with van der Waals surface area (Å²) >= 11 is 0. The molecule has 0 aromatic carbocycles. The second-order valence-electron chi connectivity index (χ2n) is 5.96. The zero-order chi connectivity index (χ0) is 12.7. The standard InChI is InChI=1S/C15H22O3/c1-9-11-6-7-12(16)10(2)14(11)15(9)18-13-5-3-4-8-17-13/h6-7,9-11,13-15H,3-5,8H2,1-2H3/t9-,10+,11-,13?,14-,15+/m1/s1. The van der Waals surface area contributed by atoms with Gasteiger partial charge in [-0.3, -0.25) is 4.79 Å². The molecule has 3 heteroatoms. The molecule has 0 radical (unpaired) electrons. The average Bonchev–Trinajstić information content (AvgIpc) is 2.40. The maximum Gasteiger partial charge on any atom is 0.158 e. The quantitative estimate of drug-likeness (QED) is 0.755. The molecule has 0 aromatic heterocycles. The molecule has 1 saturated carbocycles. The highest BCUT2D eigenvalue weighted by atomic mass is 16.7. The van der Waals surface area contributed by atoms with Crippen LogP contribution in [0.25, 0.3) is 0 Å². The zero-order valence-corrected chi connectivity index (χ0v) is 11.2. The minimum Gasteiger partial charge on any atom is -0.353 e. The Labute approximate surface area is 109 Å². The Morgan fingerprint density at radius 2 is 2.17 bits per heavy atom. The van der Waals surface area contributed by atoms with Crippen LogP contribution in [0.15, 0.2) is 12.2 Å². The molecule has 0 spiro atoms. The fraction of sp³-hybridized carbons (Fsp3) is 0.800. The molecule has 0 N–H and O–H groups in total. The Kier molecular flexibility index (Phi) is 3.29. The number of hydrogen-bond acceptors (Lipinski definition) is 3. The van der Waals surface area contributed by atoms with Crippen molar-refractivity contribution in [3.05, 3.63) is 12.2 Å². The number of ketones is 1. The van der Waals surface area contributed by atoms with Gasteiger partial charge in [0.15, 0.2) is 12.1 Å². The van der Waals surface area contributed by atoms with Gasteiger partial charge in [0.05, 0.1) is 6.10 Å². The molecule has 0 aromatic rings.